The zero-order valence-corrected chi connectivity index (χ0v) is 16.5. The highest BCUT2D eigenvalue weighted by Crippen LogP contribution is 2.28. The highest BCUT2D eigenvalue weighted by Gasteiger charge is 2.20. The maximum Gasteiger partial charge on any atom is 0.227 e. The van der Waals surface area contributed by atoms with Crippen LogP contribution in [0, 0.1) is 20.8 Å². The van der Waals surface area contributed by atoms with Crippen LogP contribution in [0.15, 0.2) is 36.5 Å². The van der Waals surface area contributed by atoms with Crippen molar-refractivity contribution < 1.29 is 9.53 Å². The molecule has 0 radical (unpaired) electrons. The lowest BCUT2D eigenvalue weighted by Crippen LogP contribution is -2.35. The fraction of sp³-hybridized carbons (Fsp3) is 0.364. The molecule has 3 aromatic rings. The molecule has 1 amide bonds. The third-order valence-corrected chi connectivity index (χ3v) is 5.01. The molecule has 0 spiro atoms. The number of nitrogens with one attached hydrogen (secondary N) is 1. The molecular formula is C22H27N3O2. The molecule has 2 heterocycles. The van der Waals surface area contributed by atoms with Crippen LogP contribution in [0.2, 0.25) is 0 Å². The standard InChI is InChI=1S/C22H27N3O2/c1-15-8-9-16(2)22-21(15)19(17(3)24-22)13-20(26)25(11-12-27-4)14-18-7-5-6-10-23-18/h5-10,24H,11-14H2,1-4H3. The second-order valence-corrected chi connectivity index (χ2v) is 6.98. The maximum absolute atomic E-state index is 13.1. The van der Waals surface area contributed by atoms with Gasteiger partial charge in [-0.05, 0) is 49.6 Å². The average molecular weight is 365 g/mol. The molecule has 0 aliphatic carbocycles. The molecule has 0 aliphatic heterocycles. The minimum atomic E-state index is 0.0857. The molecule has 5 heteroatoms. The number of aryl methyl sites for hydroxylation is 3. The predicted octanol–water partition coefficient (Wildman–Crippen LogP) is 3.71. The number of benzene rings is 1. The summed E-state index contributed by atoms with van der Waals surface area (Å²) in [6, 6.07) is 10.0. The van der Waals surface area contributed by atoms with Gasteiger partial charge in [-0.2, -0.15) is 0 Å². The number of ether oxygens (including phenoxy) is 1. The number of rotatable bonds is 7. The quantitative estimate of drug-likeness (QED) is 0.694. The lowest BCUT2D eigenvalue weighted by molar-refractivity contribution is -0.131. The number of carbonyl (C=O) groups is 1. The molecule has 0 bridgehead atoms. The van der Waals surface area contributed by atoms with Crippen LogP contribution in [-0.2, 0) is 22.5 Å². The Kier molecular flexibility index (Phi) is 5.91. The number of aromatic nitrogens is 2. The predicted molar refractivity (Wildman–Crippen MR) is 108 cm³/mol. The van der Waals surface area contributed by atoms with Crippen molar-refractivity contribution in [3.8, 4) is 0 Å². The second kappa shape index (κ2) is 8.35. The van der Waals surface area contributed by atoms with Gasteiger partial charge in [0.15, 0.2) is 0 Å². The van der Waals surface area contributed by atoms with E-state index in [1.165, 1.54) is 16.5 Å². The molecule has 0 saturated heterocycles. The summed E-state index contributed by atoms with van der Waals surface area (Å²) in [5, 5.41) is 1.17. The zero-order valence-electron chi connectivity index (χ0n) is 16.5. The fourth-order valence-electron chi connectivity index (χ4n) is 3.48. The molecule has 3 rings (SSSR count). The van der Waals surface area contributed by atoms with Crippen LogP contribution in [0.25, 0.3) is 10.9 Å². The van der Waals surface area contributed by atoms with Crippen LogP contribution >= 0.6 is 0 Å². The number of nitrogens with zero attached hydrogens (tertiary/aromatic N) is 2. The van der Waals surface area contributed by atoms with Crippen LogP contribution in [0.1, 0.15) is 28.1 Å². The van der Waals surface area contributed by atoms with Gasteiger partial charge in [-0.1, -0.05) is 18.2 Å². The lowest BCUT2D eigenvalue weighted by atomic mass is 10.0. The van der Waals surface area contributed by atoms with E-state index in [1.807, 2.05) is 30.0 Å². The van der Waals surface area contributed by atoms with E-state index in [4.69, 9.17) is 4.74 Å². The molecule has 142 valence electrons. The van der Waals surface area contributed by atoms with E-state index in [2.05, 4.69) is 35.9 Å². The zero-order chi connectivity index (χ0) is 19.4. The molecule has 0 saturated carbocycles. The summed E-state index contributed by atoms with van der Waals surface area (Å²) in [5.74, 6) is 0.0857. The van der Waals surface area contributed by atoms with Crippen LogP contribution < -0.4 is 0 Å². The number of pyridine rings is 1. The molecule has 0 fully saturated rings. The van der Waals surface area contributed by atoms with Gasteiger partial charge in [-0.15, -0.1) is 0 Å². The first kappa shape index (κ1) is 19.1. The van der Waals surface area contributed by atoms with Crippen molar-refractivity contribution in [3.05, 3.63) is 64.6 Å². The summed E-state index contributed by atoms with van der Waals surface area (Å²) in [6.07, 6.45) is 2.12. The molecule has 2 aromatic heterocycles. The van der Waals surface area contributed by atoms with E-state index in [-0.39, 0.29) is 5.91 Å². The van der Waals surface area contributed by atoms with E-state index in [9.17, 15) is 4.79 Å². The summed E-state index contributed by atoms with van der Waals surface area (Å²) in [7, 11) is 1.65. The van der Waals surface area contributed by atoms with Gasteiger partial charge in [0.05, 0.1) is 25.3 Å². The van der Waals surface area contributed by atoms with Gasteiger partial charge in [0.2, 0.25) is 5.91 Å². The van der Waals surface area contributed by atoms with E-state index in [1.54, 1.807) is 13.3 Å². The first-order valence-corrected chi connectivity index (χ1v) is 9.25. The van der Waals surface area contributed by atoms with Crippen molar-refractivity contribution in [3.63, 3.8) is 0 Å². The van der Waals surface area contributed by atoms with Crippen LogP contribution in [-0.4, -0.2) is 41.0 Å². The Morgan fingerprint density at radius 1 is 1.15 bits per heavy atom. The van der Waals surface area contributed by atoms with Gasteiger partial charge in [0, 0.05) is 36.4 Å². The Bertz CT molecular complexity index is 932. The highest BCUT2D eigenvalue weighted by molar-refractivity contribution is 5.93. The smallest absolute Gasteiger partial charge is 0.227 e. The Hall–Kier alpha value is -2.66. The first-order valence-electron chi connectivity index (χ1n) is 9.25. The van der Waals surface area contributed by atoms with E-state index < -0.39 is 0 Å². The second-order valence-electron chi connectivity index (χ2n) is 6.98. The first-order chi connectivity index (χ1) is 13.0. The Labute approximate surface area is 160 Å². The van der Waals surface area contributed by atoms with Crippen molar-refractivity contribution in [1.29, 1.82) is 0 Å². The summed E-state index contributed by atoms with van der Waals surface area (Å²) in [6.45, 7) is 7.77. The molecule has 0 aliphatic rings. The van der Waals surface area contributed by atoms with Crippen molar-refractivity contribution in [2.45, 2.75) is 33.7 Å². The number of hydrogen-bond donors (Lipinski definition) is 1. The van der Waals surface area contributed by atoms with Gasteiger partial charge < -0.3 is 14.6 Å². The van der Waals surface area contributed by atoms with Gasteiger partial charge in [-0.3, -0.25) is 9.78 Å². The third-order valence-electron chi connectivity index (χ3n) is 5.01. The number of aromatic amines is 1. The monoisotopic (exact) mass is 365 g/mol. The minimum absolute atomic E-state index is 0.0857. The Morgan fingerprint density at radius 3 is 2.63 bits per heavy atom. The van der Waals surface area contributed by atoms with Gasteiger partial charge >= 0.3 is 0 Å². The summed E-state index contributed by atoms with van der Waals surface area (Å²) in [5.41, 5.74) is 6.53. The maximum atomic E-state index is 13.1. The molecule has 0 atom stereocenters. The molecule has 27 heavy (non-hydrogen) atoms. The lowest BCUT2D eigenvalue weighted by Gasteiger charge is -2.22. The fourth-order valence-corrected chi connectivity index (χ4v) is 3.48. The Balaban J connectivity index is 1.88. The van der Waals surface area contributed by atoms with E-state index >= 15 is 0 Å². The summed E-state index contributed by atoms with van der Waals surface area (Å²) < 4.78 is 5.20. The summed E-state index contributed by atoms with van der Waals surface area (Å²) in [4.78, 5) is 22.8. The molecule has 0 unspecified atom stereocenters. The van der Waals surface area contributed by atoms with E-state index in [0.29, 0.717) is 26.1 Å². The van der Waals surface area contributed by atoms with Gasteiger partial charge in [-0.25, -0.2) is 0 Å². The van der Waals surface area contributed by atoms with Crippen LogP contribution in [0.4, 0.5) is 0 Å². The number of carbonyl (C=O) groups excluding carboxylic acids is 1. The third kappa shape index (κ3) is 4.19. The Morgan fingerprint density at radius 2 is 1.93 bits per heavy atom. The summed E-state index contributed by atoms with van der Waals surface area (Å²) >= 11 is 0. The SMILES string of the molecule is COCCN(Cc1ccccn1)C(=O)Cc1c(C)[nH]c2c(C)ccc(C)c12. The van der Waals surface area contributed by atoms with Crippen molar-refractivity contribution in [2.75, 3.05) is 20.3 Å². The molecule has 1 aromatic carbocycles. The average Bonchev–Trinajstić information content (AvgIpc) is 3.00. The van der Waals surface area contributed by atoms with Crippen LogP contribution in [0.5, 0.6) is 0 Å². The number of H-pyrrole nitrogens is 1. The van der Waals surface area contributed by atoms with Crippen molar-refractivity contribution >= 4 is 16.8 Å². The minimum Gasteiger partial charge on any atom is -0.383 e. The topological polar surface area (TPSA) is 58.2 Å². The number of amides is 1. The normalized spacial score (nSPS) is 11.1. The molecule has 1 N–H and O–H groups in total. The van der Waals surface area contributed by atoms with Gasteiger partial charge in [0.25, 0.3) is 0 Å². The molecule has 5 nitrogen and oxygen atoms in total. The molecular weight excluding hydrogens is 338 g/mol. The van der Waals surface area contributed by atoms with Crippen LogP contribution in [0.3, 0.4) is 0 Å². The largest absolute Gasteiger partial charge is 0.383 e. The van der Waals surface area contributed by atoms with Gasteiger partial charge in [0.1, 0.15) is 0 Å². The number of fused-ring (bicyclic) bond motifs is 1. The number of methoxy groups -OCH3 is 1. The van der Waals surface area contributed by atoms with Crippen molar-refractivity contribution in [1.82, 2.24) is 14.9 Å². The van der Waals surface area contributed by atoms with Crippen molar-refractivity contribution in [2.24, 2.45) is 0 Å². The number of hydrogen-bond acceptors (Lipinski definition) is 3. The van der Waals surface area contributed by atoms with E-state index in [0.717, 1.165) is 22.5 Å². The highest BCUT2D eigenvalue weighted by atomic mass is 16.5.